The molecule has 11 heavy (non-hydrogen) atoms. The molecule has 0 N–H and O–H groups in total. The Labute approximate surface area is 66.0 Å². The predicted molar refractivity (Wildman–Crippen MR) is 41.0 cm³/mol. The molecule has 1 atom stereocenters. The molecule has 0 saturated heterocycles. The van der Waals surface area contributed by atoms with Gasteiger partial charge in [-0.1, -0.05) is 6.92 Å². The fraction of sp³-hybridized carbons (Fsp3) is 0.500. The van der Waals surface area contributed by atoms with Crippen LogP contribution in [0.25, 0.3) is 0 Å². The van der Waals surface area contributed by atoms with Gasteiger partial charge in [0.15, 0.2) is 0 Å². The normalized spacial score (nSPS) is 12.9. The smallest absolute Gasteiger partial charge is 0.303 e. The Balaban J connectivity index is 3.84. The van der Waals surface area contributed by atoms with E-state index in [2.05, 4.69) is 0 Å². The Morgan fingerprint density at radius 3 is 2.64 bits per heavy atom. The molecule has 0 fully saturated rings. The quantitative estimate of drug-likeness (QED) is 0.347. The van der Waals surface area contributed by atoms with Crippen LogP contribution in [0.15, 0.2) is 12.2 Å². The highest BCUT2D eigenvalue weighted by Crippen LogP contribution is 1.99. The molecular formula is C8H12O3. The van der Waals surface area contributed by atoms with Gasteiger partial charge in [0, 0.05) is 6.92 Å². The lowest BCUT2D eigenvalue weighted by molar-refractivity contribution is -0.144. The molecule has 0 aliphatic carbocycles. The Morgan fingerprint density at radius 1 is 1.64 bits per heavy atom. The van der Waals surface area contributed by atoms with Crippen LogP contribution in [0.3, 0.4) is 0 Å². The second-order valence-corrected chi connectivity index (χ2v) is 2.08. The topological polar surface area (TPSA) is 43.4 Å². The molecule has 3 nitrogen and oxygen atoms in total. The molecule has 0 bridgehead atoms. The van der Waals surface area contributed by atoms with Crippen molar-refractivity contribution in [1.82, 2.24) is 0 Å². The first-order valence-corrected chi connectivity index (χ1v) is 3.50. The third-order valence-corrected chi connectivity index (χ3v) is 1.12. The number of hydrogen-bond donors (Lipinski definition) is 0. The van der Waals surface area contributed by atoms with E-state index in [-0.39, 0.29) is 12.1 Å². The summed E-state index contributed by atoms with van der Waals surface area (Å²) in [6.45, 7) is 3.22. The highest BCUT2D eigenvalue weighted by atomic mass is 16.5. The van der Waals surface area contributed by atoms with Gasteiger partial charge >= 0.3 is 5.97 Å². The van der Waals surface area contributed by atoms with Crippen LogP contribution in [-0.2, 0) is 14.3 Å². The third-order valence-electron chi connectivity index (χ3n) is 1.12. The number of esters is 1. The van der Waals surface area contributed by atoms with Crippen LogP contribution in [-0.4, -0.2) is 18.4 Å². The molecule has 62 valence electrons. The van der Waals surface area contributed by atoms with Crippen molar-refractivity contribution < 1.29 is 14.3 Å². The van der Waals surface area contributed by atoms with Crippen LogP contribution in [0.2, 0.25) is 0 Å². The summed E-state index contributed by atoms with van der Waals surface area (Å²) in [6.07, 6.45) is 3.97. The van der Waals surface area contributed by atoms with Crippen LogP contribution < -0.4 is 0 Å². The van der Waals surface area contributed by atoms with Crippen molar-refractivity contribution in [3.8, 4) is 0 Å². The molecule has 0 heterocycles. The fourth-order valence-electron chi connectivity index (χ4n) is 0.641. The number of allylic oxidation sites excluding steroid dienone is 1. The minimum atomic E-state index is -0.326. The van der Waals surface area contributed by atoms with Gasteiger partial charge in [-0.3, -0.25) is 9.59 Å². The highest BCUT2D eigenvalue weighted by molar-refractivity contribution is 5.67. The lowest BCUT2D eigenvalue weighted by atomic mass is 10.2. The van der Waals surface area contributed by atoms with E-state index in [0.717, 1.165) is 0 Å². The first-order valence-electron chi connectivity index (χ1n) is 3.50. The van der Waals surface area contributed by atoms with Crippen molar-refractivity contribution in [2.45, 2.75) is 26.4 Å². The average molecular weight is 156 g/mol. The van der Waals surface area contributed by atoms with Gasteiger partial charge in [0.2, 0.25) is 0 Å². The molecule has 0 aromatic heterocycles. The number of rotatable bonds is 4. The zero-order chi connectivity index (χ0) is 8.69. The summed E-state index contributed by atoms with van der Waals surface area (Å²) in [5, 5.41) is 0. The SMILES string of the molecule is CC[C@H](/C=C/C=O)OC(C)=O. The summed E-state index contributed by atoms with van der Waals surface area (Å²) in [6, 6.07) is 0. The Morgan fingerprint density at radius 2 is 2.27 bits per heavy atom. The molecule has 0 radical (unpaired) electrons. The largest absolute Gasteiger partial charge is 0.458 e. The monoisotopic (exact) mass is 156 g/mol. The molecule has 0 aromatic carbocycles. The molecule has 0 aliphatic rings. The first-order chi connectivity index (χ1) is 5.20. The first kappa shape index (κ1) is 9.88. The second kappa shape index (κ2) is 5.65. The number of aldehydes is 1. The van der Waals surface area contributed by atoms with E-state index < -0.39 is 0 Å². The van der Waals surface area contributed by atoms with Crippen molar-refractivity contribution >= 4 is 12.3 Å². The van der Waals surface area contributed by atoms with Crippen molar-refractivity contribution in [3.05, 3.63) is 12.2 Å². The number of carbonyl (C=O) groups excluding carboxylic acids is 2. The maximum atomic E-state index is 10.4. The molecule has 0 rings (SSSR count). The number of ether oxygens (including phenoxy) is 1. The lowest BCUT2D eigenvalue weighted by Gasteiger charge is -2.08. The molecule has 3 heteroatoms. The van der Waals surface area contributed by atoms with Gasteiger partial charge < -0.3 is 4.74 Å². The molecule has 0 amide bonds. The second-order valence-electron chi connectivity index (χ2n) is 2.08. The van der Waals surface area contributed by atoms with Crippen LogP contribution >= 0.6 is 0 Å². The minimum absolute atomic E-state index is 0.266. The molecular weight excluding hydrogens is 144 g/mol. The Kier molecular flexibility index (Phi) is 5.07. The zero-order valence-electron chi connectivity index (χ0n) is 6.74. The van der Waals surface area contributed by atoms with Gasteiger partial charge in [-0.25, -0.2) is 0 Å². The summed E-state index contributed by atoms with van der Waals surface area (Å²) in [7, 11) is 0. The lowest BCUT2D eigenvalue weighted by Crippen LogP contribution is -2.12. The van der Waals surface area contributed by atoms with E-state index in [4.69, 9.17) is 4.74 Å². The van der Waals surface area contributed by atoms with Crippen LogP contribution in [0.5, 0.6) is 0 Å². The fourth-order valence-corrected chi connectivity index (χ4v) is 0.641. The van der Waals surface area contributed by atoms with Gasteiger partial charge in [0.1, 0.15) is 12.4 Å². The summed E-state index contributed by atoms with van der Waals surface area (Å²) >= 11 is 0. The number of hydrogen-bond acceptors (Lipinski definition) is 3. The van der Waals surface area contributed by atoms with E-state index in [1.807, 2.05) is 6.92 Å². The van der Waals surface area contributed by atoms with Gasteiger partial charge in [-0.15, -0.1) is 0 Å². The van der Waals surface area contributed by atoms with Gasteiger partial charge in [0.05, 0.1) is 0 Å². The Bertz CT molecular complexity index is 161. The van der Waals surface area contributed by atoms with E-state index in [1.165, 1.54) is 13.0 Å². The molecule has 0 unspecified atom stereocenters. The van der Waals surface area contributed by atoms with Crippen molar-refractivity contribution in [3.63, 3.8) is 0 Å². The van der Waals surface area contributed by atoms with E-state index in [1.54, 1.807) is 6.08 Å². The summed E-state index contributed by atoms with van der Waals surface area (Å²) in [5.74, 6) is -0.326. The third kappa shape index (κ3) is 5.33. The maximum absolute atomic E-state index is 10.4. The van der Waals surface area contributed by atoms with Crippen molar-refractivity contribution in [2.24, 2.45) is 0 Å². The molecule has 0 aliphatic heterocycles. The predicted octanol–water partition coefficient (Wildman–Crippen LogP) is 1.08. The van der Waals surface area contributed by atoms with E-state index in [9.17, 15) is 9.59 Å². The highest BCUT2D eigenvalue weighted by Gasteiger charge is 2.03. The molecule has 0 saturated carbocycles. The van der Waals surface area contributed by atoms with Crippen LogP contribution in [0, 0.1) is 0 Å². The van der Waals surface area contributed by atoms with Gasteiger partial charge in [0.25, 0.3) is 0 Å². The van der Waals surface area contributed by atoms with Gasteiger partial charge in [-0.2, -0.15) is 0 Å². The van der Waals surface area contributed by atoms with Crippen molar-refractivity contribution in [1.29, 1.82) is 0 Å². The van der Waals surface area contributed by atoms with E-state index in [0.29, 0.717) is 12.7 Å². The average Bonchev–Trinajstić information content (AvgIpc) is 1.97. The molecule has 0 spiro atoms. The van der Waals surface area contributed by atoms with Crippen LogP contribution in [0.1, 0.15) is 20.3 Å². The van der Waals surface area contributed by atoms with E-state index >= 15 is 0 Å². The maximum Gasteiger partial charge on any atom is 0.303 e. The summed E-state index contributed by atoms with van der Waals surface area (Å²) in [5.41, 5.74) is 0. The summed E-state index contributed by atoms with van der Waals surface area (Å²) in [4.78, 5) is 20.3. The summed E-state index contributed by atoms with van der Waals surface area (Å²) < 4.78 is 4.82. The molecule has 0 aromatic rings. The van der Waals surface area contributed by atoms with Crippen LogP contribution in [0.4, 0.5) is 0 Å². The standard InChI is InChI=1S/C8H12O3/c1-3-8(5-4-6-9)11-7(2)10/h4-6,8H,3H2,1-2H3/b5-4+/t8-/m1/s1. The Hall–Kier alpha value is -1.12. The minimum Gasteiger partial charge on any atom is -0.458 e. The zero-order valence-corrected chi connectivity index (χ0v) is 6.74. The number of carbonyl (C=O) groups is 2. The van der Waals surface area contributed by atoms with Crippen molar-refractivity contribution in [2.75, 3.05) is 0 Å². The van der Waals surface area contributed by atoms with Gasteiger partial charge in [-0.05, 0) is 18.6 Å².